The third-order valence-corrected chi connectivity index (χ3v) is 4.29. The van der Waals surface area contributed by atoms with Crippen LogP contribution in [0.5, 0.6) is 0 Å². The molecule has 1 aliphatic carbocycles. The topological polar surface area (TPSA) is 68.2 Å². The van der Waals surface area contributed by atoms with Crippen molar-refractivity contribution in [3.05, 3.63) is 47.1 Å². The monoisotopic (exact) mass is 322 g/mol. The number of rotatable bonds is 6. The summed E-state index contributed by atoms with van der Waals surface area (Å²) in [6, 6.07) is 4.22. The zero-order valence-corrected chi connectivity index (χ0v) is 12.8. The van der Waals surface area contributed by atoms with Crippen molar-refractivity contribution in [1.29, 1.82) is 0 Å². The van der Waals surface area contributed by atoms with E-state index in [4.69, 9.17) is 10.3 Å². The van der Waals surface area contributed by atoms with Crippen LogP contribution in [0.4, 0.5) is 8.78 Å². The standard InChI is InChI=1S/C16H20F2N4O/c17-13-6-3-7-14(18)12(13)9-22(11-4-1-2-5-11)10-15-20-16(8-19)23-21-15/h3,6-7,11H,1-2,4-5,8-10,19H2. The lowest BCUT2D eigenvalue weighted by Crippen LogP contribution is -2.33. The Bertz CT molecular complexity index is 635. The van der Waals surface area contributed by atoms with Crippen molar-refractivity contribution in [3.63, 3.8) is 0 Å². The van der Waals surface area contributed by atoms with Crippen LogP contribution in [-0.4, -0.2) is 21.1 Å². The molecule has 124 valence electrons. The minimum Gasteiger partial charge on any atom is -0.338 e. The number of benzene rings is 1. The summed E-state index contributed by atoms with van der Waals surface area (Å²) in [5.74, 6) is -0.190. The smallest absolute Gasteiger partial charge is 0.240 e. The predicted molar refractivity (Wildman–Crippen MR) is 80.1 cm³/mol. The van der Waals surface area contributed by atoms with Gasteiger partial charge in [0.15, 0.2) is 5.82 Å². The van der Waals surface area contributed by atoms with E-state index in [-0.39, 0.29) is 24.7 Å². The Morgan fingerprint density at radius 1 is 1.17 bits per heavy atom. The average molecular weight is 322 g/mol. The van der Waals surface area contributed by atoms with Gasteiger partial charge in [-0.1, -0.05) is 24.1 Å². The molecule has 5 nitrogen and oxygen atoms in total. The summed E-state index contributed by atoms with van der Waals surface area (Å²) in [5.41, 5.74) is 5.56. The second-order valence-corrected chi connectivity index (χ2v) is 5.85. The van der Waals surface area contributed by atoms with Gasteiger partial charge in [0.25, 0.3) is 0 Å². The van der Waals surface area contributed by atoms with Crippen molar-refractivity contribution in [1.82, 2.24) is 15.0 Å². The summed E-state index contributed by atoms with van der Waals surface area (Å²) in [6.07, 6.45) is 4.28. The second kappa shape index (κ2) is 7.14. The molecule has 0 atom stereocenters. The van der Waals surface area contributed by atoms with Crippen molar-refractivity contribution in [2.45, 2.75) is 51.4 Å². The third kappa shape index (κ3) is 3.73. The number of nitrogens with zero attached hydrogens (tertiary/aromatic N) is 3. The van der Waals surface area contributed by atoms with Crippen molar-refractivity contribution < 1.29 is 13.3 Å². The quantitative estimate of drug-likeness (QED) is 0.885. The molecule has 0 spiro atoms. The van der Waals surface area contributed by atoms with Gasteiger partial charge in [-0.3, -0.25) is 4.90 Å². The fraction of sp³-hybridized carbons (Fsp3) is 0.500. The normalized spacial score (nSPS) is 15.7. The molecule has 0 radical (unpaired) electrons. The molecule has 2 N–H and O–H groups in total. The first kappa shape index (κ1) is 16.0. The molecule has 0 saturated heterocycles. The maximum atomic E-state index is 14.0. The molecule has 23 heavy (non-hydrogen) atoms. The molecule has 0 unspecified atom stereocenters. The molecule has 1 heterocycles. The molecule has 7 heteroatoms. The van der Waals surface area contributed by atoms with E-state index in [1.807, 2.05) is 4.90 Å². The Labute approximate surface area is 133 Å². The van der Waals surface area contributed by atoms with Gasteiger partial charge in [0.05, 0.1) is 13.1 Å². The van der Waals surface area contributed by atoms with Gasteiger partial charge in [0, 0.05) is 18.2 Å². The molecule has 1 saturated carbocycles. The lowest BCUT2D eigenvalue weighted by Gasteiger charge is -2.27. The number of hydrogen-bond acceptors (Lipinski definition) is 5. The van der Waals surface area contributed by atoms with Crippen LogP contribution < -0.4 is 5.73 Å². The maximum Gasteiger partial charge on any atom is 0.240 e. The minimum absolute atomic E-state index is 0.0851. The van der Waals surface area contributed by atoms with Crippen molar-refractivity contribution >= 4 is 0 Å². The summed E-state index contributed by atoms with van der Waals surface area (Å²) >= 11 is 0. The zero-order chi connectivity index (χ0) is 16.2. The first-order valence-electron chi connectivity index (χ1n) is 7.86. The van der Waals surface area contributed by atoms with E-state index in [9.17, 15) is 8.78 Å². The van der Waals surface area contributed by atoms with Crippen LogP contribution in [0.2, 0.25) is 0 Å². The molecule has 0 aliphatic heterocycles. The largest absolute Gasteiger partial charge is 0.338 e. The Hall–Kier alpha value is -1.86. The van der Waals surface area contributed by atoms with Crippen molar-refractivity contribution in [2.75, 3.05) is 0 Å². The molecule has 3 rings (SSSR count). The van der Waals surface area contributed by atoms with Gasteiger partial charge >= 0.3 is 0 Å². The summed E-state index contributed by atoms with van der Waals surface area (Å²) in [4.78, 5) is 6.22. The molecule has 1 fully saturated rings. The van der Waals surface area contributed by atoms with Crippen molar-refractivity contribution in [3.8, 4) is 0 Å². The number of hydrogen-bond donors (Lipinski definition) is 1. The average Bonchev–Trinajstić information content (AvgIpc) is 3.21. The lowest BCUT2D eigenvalue weighted by atomic mass is 10.1. The van der Waals surface area contributed by atoms with Crippen LogP contribution >= 0.6 is 0 Å². The van der Waals surface area contributed by atoms with Crippen LogP contribution in [0.1, 0.15) is 43.0 Å². The van der Waals surface area contributed by atoms with Crippen LogP contribution in [0.3, 0.4) is 0 Å². The van der Waals surface area contributed by atoms with Crippen LogP contribution in [0.15, 0.2) is 22.7 Å². The van der Waals surface area contributed by atoms with Crippen LogP contribution in [0.25, 0.3) is 0 Å². The molecular formula is C16H20F2N4O. The van der Waals surface area contributed by atoms with Gasteiger partial charge in [-0.2, -0.15) is 4.98 Å². The highest BCUT2D eigenvalue weighted by atomic mass is 19.1. The zero-order valence-electron chi connectivity index (χ0n) is 12.8. The van der Waals surface area contributed by atoms with Gasteiger partial charge in [0.1, 0.15) is 11.6 Å². The number of aromatic nitrogens is 2. The van der Waals surface area contributed by atoms with Gasteiger partial charge in [-0.25, -0.2) is 8.78 Å². The molecule has 1 aliphatic rings. The lowest BCUT2D eigenvalue weighted by molar-refractivity contribution is 0.169. The predicted octanol–water partition coefficient (Wildman–Crippen LogP) is 2.75. The summed E-state index contributed by atoms with van der Waals surface area (Å²) < 4.78 is 32.9. The number of nitrogens with two attached hydrogens (primary N) is 1. The fourth-order valence-electron chi connectivity index (χ4n) is 3.09. The molecule has 1 aromatic heterocycles. The van der Waals surface area contributed by atoms with E-state index < -0.39 is 11.6 Å². The van der Waals surface area contributed by atoms with E-state index in [1.165, 1.54) is 18.2 Å². The van der Waals surface area contributed by atoms with E-state index in [2.05, 4.69) is 10.1 Å². The van der Waals surface area contributed by atoms with Gasteiger partial charge in [-0.15, -0.1) is 0 Å². The van der Waals surface area contributed by atoms with Crippen molar-refractivity contribution in [2.24, 2.45) is 5.73 Å². The highest BCUT2D eigenvalue weighted by Gasteiger charge is 2.26. The van der Waals surface area contributed by atoms with Crippen LogP contribution in [-0.2, 0) is 19.6 Å². The molecule has 0 bridgehead atoms. The van der Waals surface area contributed by atoms with E-state index in [1.54, 1.807) is 0 Å². The molecule has 1 aromatic carbocycles. The van der Waals surface area contributed by atoms with Gasteiger partial charge < -0.3 is 10.3 Å². The highest BCUT2D eigenvalue weighted by molar-refractivity contribution is 5.19. The Morgan fingerprint density at radius 2 is 1.87 bits per heavy atom. The summed E-state index contributed by atoms with van der Waals surface area (Å²) in [5, 5.41) is 3.89. The Balaban J connectivity index is 1.80. The highest BCUT2D eigenvalue weighted by Crippen LogP contribution is 2.27. The number of halogens is 2. The van der Waals surface area contributed by atoms with Gasteiger partial charge in [0.2, 0.25) is 5.89 Å². The second-order valence-electron chi connectivity index (χ2n) is 5.85. The first-order chi connectivity index (χ1) is 11.2. The molecule has 2 aromatic rings. The molecular weight excluding hydrogens is 302 g/mol. The fourth-order valence-corrected chi connectivity index (χ4v) is 3.09. The van der Waals surface area contributed by atoms with E-state index >= 15 is 0 Å². The first-order valence-corrected chi connectivity index (χ1v) is 7.86. The summed E-state index contributed by atoms with van der Waals surface area (Å²) in [7, 11) is 0. The SMILES string of the molecule is NCc1nc(CN(Cc2c(F)cccc2F)C2CCCC2)no1. The Kier molecular flexibility index (Phi) is 4.97. The Morgan fingerprint density at radius 3 is 2.48 bits per heavy atom. The molecule has 0 amide bonds. The van der Waals surface area contributed by atoms with E-state index in [0.717, 1.165) is 25.7 Å². The summed E-state index contributed by atoms with van der Waals surface area (Å²) in [6.45, 7) is 0.760. The van der Waals surface area contributed by atoms with Crippen LogP contribution in [0, 0.1) is 11.6 Å². The minimum atomic E-state index is -0.524. The third-order valence-electron chi connectivity index (χ3n) is 4.29. The van der Waals surface area contributed by atoms with E-state index in [0.29, 0.717) is 18.3 Å². The maximum absolute atomic E-state index is 14.0. The van der Waals surface area contributed by atoms with Gasteiger partial charge in [-0.05, 0) is 25.0 Å².